The summed E-state index contributed by atoms with van der Waals surface area (Å²) in [5, 5.41) is 7.59. The molecule has 1 saturated carbocycles. The van der Waals surface area contributed by atoms with Crippen LogP contribution in [0.3, 0.4) is 0 Å². The van der Waals surface area contributed by atoms with Crippen molar-refractivity contribution in [3.63, 3.8) is 0 Å². The van der Waals surface area contributed by atoms with E-state index in [0.29, 0.717) is 29.5 Å². The first-order chi connectivity index (χ1) is 12.6. The highest BCUT2D eigenvalue weighted by atomic mass is 16.2. The van der Waals surface area contributed by atoms with Crippen molar-refractivity contribution >= 4 is 5.65 Å². The molecule has 10 nitrogen and oxygen atoms in total. The van der Waals surface area contributed by atoms with E-state index in [2.05, 4.69) is 20.1 Å². The van der Waals surface area contributed by atoms with E-state index in [1.165, 1.54) is 10.9 Å². The Kier molecular flexibility index (Phi) is 3.81. The topological polar surface area (TPSA) is 123 Å². The normalized spacial score (nSPS) is 13.7. The van der Waals surface area contributed by atoms with E-state index in [1.54, 1.807) is 13.1 Å². The Labute approximate surface area is 147 Å². The number of nitrogens with zero attached hydrogens (tertiary/aromatic N) is 8. The zero-order valence-corrected chi connectivity index (χ0v) is 14.1. The van der Waals surface area contributed by atoms with Crippen LogP contribution >= 0.6 is 0 Å². The smallest absolute Gasteiger partial charge is 0.305 e. The summed E-state index contributed by atoms with van der Waals surface area (Å²) in [6.45, 7) is 2.19. The quantitative estimate of drug-likeness (QED) is 0.300. The molecule has 1 aliphatic rings. The summed E-state index contributed by atoms with van der Waals surface area (Å²) in [7, 11) is 0. The Morgan fingerprint density at radius 1 is 1.31 bits per heavy atom. The lowest BCUT2D eigenvalue weighted by Crippen LogP contribution is -2.41. The maximum Gasteiger partial charge on any atom is 0.332 e. The van der Waals surface area contributed by atoms with Crippen LogP contribution in [0.2, 0.25) is 0 Å². The van der Waals surface area contributed by atoms with E-state index in [9.17, 15) is 9.59 Å². The average molecular weight is 352 g/mol. The van der Waals surface area contributed by atoms with Crippen LogP contribution in [0.5, 0.6) is 0 Å². The van der Waals surface area contributed by atoms with Crippen molar-refractivity contribution in [3.8, 4) is 5.69 Å². The summed E-state index contributed by atoms with van der Waals surface area (Å²) in [5.41, 5.74) is 9.83. The van der Waals surface area contributed by atoms with E-state index in [4.69, 9.17) is 5.53 Å². The van der Waals surface area contributed by atoms with Crippen LogP contribution in [0, 0.1) is 0 Å². The van der Waals surface area contributed by atoms with Gasteiger partial charge in [-0.15, -0.1) is 0 Å². The van der Waals surface area contributed by atoms with E-state index < -0.39 is 11.1 Å². The minimum Gasteiger partial charge on any atom is -0.305 e. The fourth-order valence-electron chi connectivity index (χ4n) is 2.98. The van der Waals surface area contributed by atoms with Gasteiger partial charge >= 0.3 is 11.1 Å². The number of imidazole rings is 1. The van der Waals surface area contributed by atoms with Crippen LogP contribution in [0.15, 0.2) is 39.5 Å². The maximum atomic E-state index is 12.6. The Morgan fingerprint density at radius 3 is 2.81 bits per heavy atom. The molecule has 0 spiro atoms. The van der Waals surface area contributed by atoms with Crippen LogP contribution in [0.25, 0.3) is 21.8 Å². The van der Waals surface area contributed by atoms with Crippen LogP contribution in [-0.4, -0.2) is 23.7 Å². The van der Waals surface area contributed by atoms with Gasteiger partial charge in [-0.25, -0.2) is 9.67 Å². The monoisotopic (exact) mass is 352 g/mol. The number of hydrogen-bond donors (Lipinski definition) is 0. The summed E-state index contributed by atoms with van der Waals surface area (Å²) in [4.78, 5) is 32.0. The van der Waals surface area contributed by atoms with Crippen molar-refractivity contribution in [2.24, 2.45) is 5.11 Å². The molecule has 3 aromatic heterocycles. The highest BCUT2D eigenvalue weighted by Gasteiger charge is 2.26. The van der Waals surface area contributed by atoms with E-state index in [0.717, 1.165) is 23.1 Å². The van der Waals surface area contributed by atoms with Gasteiger partial charge in [-0.3, -0.25) is 14.2 Å². The lowest BCUT2D eigenvalue weighted by molar-refractivity contribution is 0.581. The Hall–Kier alpha value is -3.39. The van der Waals surface area contributed by atoms with E-state index >= 15 is 0 Å². The number of hydrogen-bond acceptors (Lipinski definition) is 5. The third kappa shape index (κ3) is 2.66. The summed E-state index contributed by atoms with van der Waals surface area (Å²) >= 11 is 0. The minimum atomic E-state index is -0.675. The van der Waals surface area contributed by atoms with Gasteiger partial charge in [-0.1, -0.05) is 5.11 Å². The predicted molar refractivity (Wildman–Crippen MR) is 93.3 cm³/mol. The van der Waals surface area contributed by atoms with Crippen molar-refractivity contribution in [1.82, 2.24) is 23.7 Å². The Balaban J connectivity index is 1.97. The molecule has 26 heavy (non-hydrogen) atoms. The molecule has 1 aliphatic carbocycles. The van der Waals surface area contributed by atoms with Crippen LogP contribution in [0.4, 0.5) is 0 Å². The zero-order valence-electron chi connectivity index (χ0n) is 14.1. The molecule has 0 N–H and O–H groups in total. The minimum absolute atomic E-state index is 0.112. The number of fused-ring (bicyclic) bond motifs is 1. The fourth-order valence-corrected chi connectivity index (χ4v) is 2.98. The molecule has 0 saturated heterocycles. The first-order valence-corrected chi connectivity index (χ1v) is 8.34. The number of aromatic nitrogens is 5. The molecule has 0 aliphatic heterocycles. The van der Waals surface area contributed by atoms with E-state index in [1.807, 2.05) is 16.7 Å². The molecular formula is C16H16N8O2. The van der Waals surface area contributed by atoms with Gasteiger partial charge in [0.25, 0.3) is 0 Å². The average Bonchev–Trinajstić information content (AvgIpc) is 3.41. The number of pyridine rings is 1. The number of azide groups is 1. The molecule has 0 atom stereocenters. The van der Waals surface area contributed by atoms with Gasteiger partial charge in [0.05, 0.1) is 17.9 Å². The molecule has 0 bridgehead atoms. The number of aryl methyl sites for hydroxylation is 1. The highest BCUT2D eigenvalue weighted by molar-refractivity contribution is 5.61. The zero-order chi connectivity index (χ0) is 18.3. The third-order valence-electron chi connectivity index (χ3n) is 4.45. The van der Waals surface area contributed by atoms with Gasteiger partial charge in [-0.05, 0) is 42.8 Å². The largest absolute Gasteiger partial charge is 0.332 e. The number of rotatable bonds is 5. The Morgan fingerprint density at radius 2 is 2.12 bits per heavy atom. The van der Waals surface area contributed by atoms with Crippen molar-refractivity contribution in [2.75, 3.05) is 0 Å². The molecular weight excluding hydrogens is 336 g/mol. The lowest BCUT2D eigenvalue weighted by atomic mass is 10.2. The summed E-state index contributed by atoms with van der Waals surface area (Å²) in [5.74, 6) is 0.445. The van der Waals surface area contributed by atoms with Crippen LogP contribution < -0.4 is 11.1 Å². The van der Waals surface area contributed by atoms with Crippen LogP contribution in [0.1, 0.15) is 36.9 Å². The molecule has 0 aromatic carbocycles. The summed E-state index contributed by atoms with van der Waals surface area (Å²) in [6, 6.07) is 1.89. The fraction of sp³-hybridized carbons (Fsp3) is 0.375. The molecule has 132 valence electrons. The molecule has 0 amide bonds. The van der Waals surface area contributed by atoms with Gasteiger partial charge in [0, 0.05) is 23.9 Å². The molecule has 3 aromatic rings. The highest BCUT2D eigenvalue weighted by Crippen LogP contribution is 2.40. The molecule has 10 heteroatoms. The SMILES string of the molecule is CCn1ncn(-c2cc(C3CC3)cn3cc(CN=[N+]=[N-])nc23)c(=O)c1=O. The Bertz CT molecular complexity index is 1160. The van der Waals surface area contributed by atoms with Gasteiger partial charge in [-0.2, -0.15) is 5.10 Å². The lowest BCUT2D eigenvalue weighted by Gasteiger charge is -2.10. The van der Waals surface area contributed by atoms with Crippen LogP contribution in [-0.2, 0) is 13.1 Å². The van der Waals surface area contributed by atoms with Crippen molar-refractivity contribution in [2.45, 2.75) is 38.8 Å². The summed E-state index contributed by atoms with van der Waals surface area (Å²) < 4.78 is 4.17. The van der Waals surface area contributed by atoms with Gasteiger partial charge < -0.3 is 4.40 Å². The second-order valence-electron chi connectivity index (χ2n) is 6.21. The molecule has 4 rings (SSSR count). The van der Waals surface area contributed by atoms with Crippen molar-refractivity contribution in [3.05, 3.63) is 67.2 Å². The van der Waals surface area contributed by atoms with Crippen molar-refractivity contribution < 1.29 is 0 Å². The van der Waals surface area contributed by atoms with Crippen molar-refractivity contribution in [1.29, 1.82) is 0 Å². The first-order valence-electron chi connectivity index (χ1n) is 8.34. The molecule has 0 radical (unpaired) electrons. The van der Waals surface area contributed by atoms with Gasteiger partial charge in [0.2, 0.25) is 0 Å². The predicted octanol–water partition coefficient (Wildman–Crippen LogP) is 1.75. The first kappa shape index (κ1) is 16.1. The standard InChI is InChI=1S/C16H16N8O2/c1-2-24-16(26)15(25)23(9-19-24)13-5-11(10-3-4-10)7-22-8-12(6-18-21-17)20-14(13)22/h5,7-10H,2-4,6H2,1H3. The maximum absolute atomic E-state index is 12.6. The summed E-state index contributed by atoms with van der Waals surface area (Å²) in [6.07, 6.45) is 7.27. The van der Waals surface area contributed by atoms with Gasteiger partial charge in [0.15, 0.2) is 5.65 Å². The molecule has 3 heterocycles. The second-order valence-corrected chi connectivity index (χ2v) is 6.21. The van der Waals surface area contributed by atoms with Gasteiger partial charge in [0.1, 0.15) is 6.33 Å². The second kappa shape index (κ2) is 6.16. The molecule has 0 unspecified atom stereocenters. The third-order valence-corrected chi connectivity index (χ3v) is 4.45. The van der Waals surface area contributed by atoms with E-state index in [-0.39, 0.29) is 6.54 Å². The molecule has 1 fully saturated rings.